The maximum Gasteiger partial charge on any atom is 0.144 e. The summed E-state index contributed by atoms with van der Waals surface area (Å²) in [5.41, 5.74) is 6.05. The molecule has 0 aromatic heterocycles. The van der Waals surface area contributed by atoms with Gasteiger partial charge in [0.25, 0.3) is 0 Å². The number of nitrogens with one attached hydrogen (secondary N) is 1. The second-order valence-corrected chi connectivity index (χ2v) is 9.63. The van der Waals surface area contributed by atoms with E-state index in [9.17, 15) is 4.79 Å². The van der Waals surface area contributed by atoms with Crippen LogP contribution in [0.15, 0.2) is 35.3 Å². The molecule has 0 bridgehead atoms. The third kappa shape index (κ3) is 3.46. The zero-order valence-corrected chi connectivity index (χ0v) is 18.1. The molecule has 0 amide bonds. The van der Waals surface area contributed by atoms with E-state index in [1.165, 1.54) is 11.1 Å². The lowest BCUT2D eigenvalue weighted by molar-refractivity contribution is -0.124. The molecule has 4 rings (SSSR count). The first-order valence-electron chi connectivity index (χ1n) is 9.57. The lowest BCUT2D eigenvalue weighted by Crippen LogP contribution is -2.42. The molecule has 0 radical (unpaired) electrons. The van der Waals surface area contributed by atoms with Crippen LogP contribution in [0.2, 0.25) is 10.0 Å². The zero-order chi connectivity index (χ0) is 20.2. The van der Waals surface area contributed by atoms with Crippen molar-refractivity contribution in [1.82, 2.24) is 0 Å². The Hall–Kier alpha value is -1.84. The van der Waals surface area contributed by atoms with E-state index < -0.39 is 0 Å². The summed E-state index contributed by atoms with van der Waals surface area (Å²) in [7, 11) is 0. The Labute approximate surface area is 176 Å². The molecule has 2 aliphatic rings. The van der Waals surface area contributed by atoms with Crippen molar-refractivity contribution in [2.75, 3.05) is 5.32 Å². The van der Waals surface area contributed by atoms with Crippen molar-refractivity contribution in [2.24, 2.45) is 16.3 Å². The van der Waals surface area contributed by atoms with E-state index in [4.69, 9.17) is 28.2 Å². The van der Waals surface area contributed by atoms with Gasteiger partial charge in [0.1, 0.15) is 5.78 Å². The number of carbonyl (C=O) groups excluding carboxylic acids is 1. The first-order chi connectivity index (χ1) is 13.1. The van der Waals surface area contributed by atoms with Crippen LogP contribution in [0.4, 0.5) is 11.4 Å². The van der Waals surface area contributed by atoms with Crippen molar-refractivity contribution in [1.29, 1.82) is 0 Å². The Morgan fingerprint density at radius 3 is 2.46 bits per heavy atom. The van der Waals surface area contributed by atoms with Crippen molar-refractivity contribution in [3.05, 3.63) is 57.1 Å². The summed E-state index contributed by atoms with van der Waals surface area (Å²) < 4.78 is 0. The maximum atomic E-state index is 13.2. The molecule has 2 aromatic carbocycles. The third-order valence-electron chi connectivity index (χ3n) is 5.84. The van der Waals surface area contributed by atoms with E-state index in [2.05, 4.69) is 45.1 Å². The van der Waals surface area contributed by atoms with Gasteiger partial charge in [-0.05, 0) is 66.6 Å². The summed E-state index contributed by atoms with van der Waals surface area (Å²) in [6.45, 7) is 8.45. The van der Waals surface area contributed by atoms with Gasteiger partial charge in [0.05, 0.1) is 33.4 Å². The molecule has 1 aliphatic heterocycles. The van der Waals surface area contributed by atoms with E-state index in [0.29, 0.717) is 16.5 Å². The summed E-state index contributed by atoms with van der Waals surface area (Å²) in [4.78, 5) is 18.2. The largest absolute Gasteiger partial charge is 0.375 e. The highest BCUT2D eigenvalue weighted by Crippen LogP contribution is 2.46. The first-order valence-corrected chi connectivity index (χ1v) is 10.3. The summed E-state index contributed by atoms with van der Waals surface area (Å²) in [6.07, 6.45) is 1.35. The van der Waals surface area contributed by atoms with Crippen molar-refractivity contribution in [3.63, 3.8) is 0 Å². The second kappa shape index (κ2) is 6.89. The number of ketones is 1. The summed E-state index contributed by atoms with van der Waals surface area (Å²) in [5.74, 6) is -0.0851. The van der Waals surface area contributed by atoms with Crippen LogP contribution in [0.3, 0.4) is 0 Å². The smallest absolute Gasteiger partial charge is 0.144 e. The van der Waals surface area contributed by atoms with Gasteiger partial charge in [-0.1, -0.05) is 43.1 Å². The lowest BCUT2D eigenvalue weighted by atomic mass is 9.68. The summed E-state index contributed by atoms with van der Waals surface area (Å²) >= 11 is 12.4. The Balaban J connectivity index is 1.90. The zero-order valence-electron chi connectivity index (χ0n) is 16.6. The van der Waals surface area contributed by atoms with E-state index in [1.807, 2.05) is 12.1 Å². The SMILES string of the molecule is Cc1cc2c(cc1C)NC(c1ccc(Cl)c(Cl)c1)C1C(=O)CC(C)(C)CC1=N2. The molecule has 2 aromatic rings. The molecule has 2 atom stereocenters. The molecular formula is C23H24Cl2N2O. The monoisotopic (exact) mass is 414 g/mol. The number of hydrogen-bond donors (Lipinski definition) is 1. The van der Waals surface area contributed by atoms with Gasteiger partial charge in [0.2, 0.25) is 0 Å². The fourth-order valence-electron chi connectivity index (χ4n) is 4.31. The quantitative estimate of drug-likeness (QED) is 0.553. The number of anilines is 1. The van der Waals surface area contributed by atoms with Crippen molar-refractivity contribution >= 4 is 46.1 Å². The van der Waals surface area contributed by atoms with E-state index in [0.717, 1.165) is 29.1 Å². The van der Waals surface area contributed by atoms with Crippen LogP contribution < -0.4 is 5.32 Å². The summed E-state index contributed by atoms with van der Waals surface area (Å²) in [5, 5.41) is 4.61. The number of Topliss-reactive ketones (excluding diaryl/α,β-unsaturated/α-hetero) is 1. The minimum atomic E-state index is -0.307. The molecule has 1 fully saturated rings. The minimum Gasteiger partial charge on any atom is -0.375 e. The van der Waals surface area contributed by atoms with Gasteiger partial charge >= 0.3 is 0 Å². The van der Waals surface area contributed by atoms with Crippen LogP contribution in [0.1, 0.15) is 49.4 Å². The van der Waals surface area contributed by atoms with Gasteiger partial charge < -0.3 is 5.32 Å². The highest BCUT2D eigenvalue weighted by atomic mass is 35.5. The van der Waals surface area contributed by atoms with Crippen LogP contribution in [0.25, 0.3) is 0 Å². The number of benzene rings is 2. The standard InChI is InChI=1S/C23H24Cl2N2O/c1-12-7-17-18(8-13(12)2)27-22(14-5-6-15(24)16(25)9-14)21-19(26-17)10-23(3,4)11-20(21)28/h5-9,21-22,27H,10-11H2,1-4H3. The Morgan fingerprint density at radius 2 is 1.75 bits per heavy atom. The van der Waals surface area contributed by atoms with Crippen LogP contribution in [-0.2, 0) is 4.79 Å². The van der Waals surface area contributed by atoms with E-state index >= 15 is 0 Å². The number of carbonyl (C=O) groups is 1. The van der Waals surface area contributed by atoms with Crippen molar-refractivity contribution in [2.45, 2.75) is 46.6 Å². The van der Waals surface area contributed by atoms with Crippen LogP contribution >= 0.6 is 23.2 Å². The fraction of sp³-hybridized carbons (Fsp3) is 0.391. The number of hydrogen-bond acceptors (Lipinski definition) is 3. The number of rotatable bonds is 1. The minimum absolute atomic E-state index is 0.0845. The van der Waals surface area contributed by atoms with Crippen molar-refractivity contribution in [3.8, 4) is 0 Å². The fourth-order valence-corrected chi connectivity index (χ4v) is 4.62. The molecule has 2 unspecified atom stereocenters. The van der Waals surface area contributed by atoms with Gasteiger partial charge in [-0.25, -0.2) is 0 Å². The molecule has 0 spiro atoms. The molecule has 146 valence electrons. The van der Waals surface area contributed by atoms with E-state index in [-0.39, 0.29) is 23.2 Å². The number of aliphatic imine (C=N–C) groups is 1. The number of nitrogens with zero attached hydrogens (tertiary/aromatic N) is 1. The Morgan fingerprint density at radius 1 is 1.04 bits per heavy atom. The van der Waals surface area contributed by atoms with Gasteiger partial charge in [0.15, 0.2) is 0 Å². The topological polar surface area (TPSA) is 41.5 Å². The number of aryl methyl sites for hydroxylation is 2. The molecule has 3 nitrogen and oxygen atoms in total. The van der Waals surface area contributed by atoms with Gasteiger partial charge in [0, 0.05) is 12.1 Å². The average Bonchev–Trinajstić information content (AvgIpc) is 2.73. The Kier molecular flexibility index (Phi) is 4.79. The Bertz CT molecular complexity index is 1010. The molecule has 1 aliphatic carbocycles. The lowest BCUT2D eigenvalue weighted by Gasteiger charge is -2.37. The third-order valence-corrected chi connectivity index (χ3v) is 6.58. The van der Waals surface area contributed by atoms with E-state index in [1.54, 1.807) is 6.07 Å². The molecule has 1 saturated carbocycles. The highest BCUT2D eigenvalue weighted by molar-refractivity contribution is 6.42. The predicted octanol–water partition coefficient (Wildman–Crippen LogP) is 6.85. The van der Waals surface area contributed by atoms with Crippen LogP contribution in [-0.4, -0.2) is 11.5 Å². The molecule has 0 saturated heterocycles. The second-order valence-electron chi connectivity index (χ2n) is 8.81. The van der Waals surface area contributed by atoms with Gasteiger partial charge in [-0.15, -0.1) is 0 Å². The molecular weight excluding hydrogens is 391 g/mol. The van der Waals surface area contributed by atoms with Crippen molar-refractivity contribution < 1.29 is 4.79 Å². The first kappa shape index (κ1) is 19.5. The molecule has 28 heavy (non-hydrogen) atoms. The maximum absolute atomic E-state index is 13.2. The average molecular weight is 415 g/mol. The summed E-state index contributed by atoms with van der Waals surface area (Å²) in [6, 6.07) is 9.60. The number of fused-ring (bicyclic) bond motifs is 2. The predicted molar refractivity (Wildman–Crippen MR) is 117 cm³/mol. The van der Waals surface area contributed by atoms with Gasteiger partial charge in [-0.3, -0.25) is 9.79 Å². The number of halogens is 2. The van der Waals surface area contributed by atoms with Gasteiger partial charge in [-0.2, -0.15) is 0 Å². The molecule has 1 N–H and O–H groups in total. The normalized spacial score (nSPS) is 23.2. The highest BCUT2D eigenvalue weighted by Gasteiger charge is 2.44. The van der Waals surface area contributed by atoms with Crippen LogP contribution in [0.5, 0.6) is 0 Å². The molecule has 5 heteroatoms. The molecule has 1 heterocycles. The van der Waals surface area contributed by atoms with Crippen LogP contribution in [0, 0.1) is 25.2 Å².